The summed E-state index contributed by atoms with van der Waals surface area (Å²) in [6.45, 7) is 13.1. The number of aliphatic hydroxyl groups is 1. The van der Waals surface area contributed by atoms with Gasteiger partial charge in [0, 0.05) is 31.0 Å². The van der Waals surface area contributed by atoms with Gasteiger partial charge in [0.25, 0.3) is 5.91 Å². The number of amides is 1. The lowest BCUT2D eigenvalue weighted by Gasteiger charge is -2.28. The van der Waals surface area contributed by atoms with Crippen LogP contribution in [0.5, 0.6) is 0 Å². The van der Waals surface area contributed by atoms with Crippen LogP contribution in [0.3, 0.4) is 0 Å². The number of nitrogens with zero attached hydrogens (tertiary/aromatic N) is 1. The van der Waals surface area contributed by atoms with Crippen molar-refractivity contribution in [1.29, 1.82) is 0 Å². The first-order chi connectivity index (χ1) is 18.2. The highest BCUT2D eigenvalue weighted by atomic mass is 32.2. The summed E-state index contributed by atoms with van der Waals surface area (Å²) in [4.78, 5) is 13.8. The average molecular weight is 540 g/mol. The first kappa shape index (κ1) is 31.8. The minimum Gasteiger partial charge on any atom is -0.390 e. The molecule has 0 saturated carbocycles. The SMILES string of the molecule is C=S(CCC)N(C)c1cc(C(=O)NC(Cc2ccccc2)C(O)CNC(C)CC)cc(/C(=C\C)CC)c1C. The highest BCUT2D eigenvalue weighted by Crippen LogP contribution is 2.35. The maximum absolute atomic E-state index is 13.8. The first-order valence-electron chi connectivity index (χ1n) is 14.0. The number of allylic oxidation sites excluding steroid dienone is 2. The molecular weight excluding hydrogens is 490 g/mol. The molecule has 0 aliphatic carbocycles. The van der Waals surface area contributed by atoms with E-state index in [1.165, 1.54) is 5.57 Å². The van der Waals surface area contributed by atoms with Gasteiger partial charge < -0.3 is 20.0 Å². The molecule has 4 atom stereocenters. The maximum Gasteiger partial charge on any atom is 0.251 e. The normalized spacial score (nSPS) is 15.0. The van der Waals surface area contributed by atoms with Crippen molar-refractivity contribution in [3.8, 4) is 0 Å². The highest BCUT2D eigenvalue weighted by Gasteiger charge is 2.24. The van der Waals surface area contributed by atoms with Gasteiger partial charge in [-0.1, -0.05) is 63.0 Å². The molecule has 0 spiro atoms. The van der Waals surface area contributed by atoms with Crippen LogP contribution in [0.4, 0.5) is 5.69 Å². The van der Waals surface area contributed by atoms with E-state index in [0.29, 0.717) is 24.6 Å². The predicted octanol–water partition coefficient (Wildman–Crippen LogP) is 6.36. The molecule has 0 aliphatic heterocycles. The summed E-state index contributed by atoms with van der Waals surface area (Å²) in [5, 5.41) is 17.7. The smallest absolute Gasteiger partial charge is 0.251 e. The number of nitrogens with one attached hydrogen (secondary N) is 2. The van der Waals surface area contributed by atoms with Gasteiger partial charge in [0.2, 0.25) is 0 Å². The molecule has 4 unspecified atom stereocenters. The molecule has 0 fully saturated rings. The van der Waals surface area contributed by atoms with Crippen molar-refractivity contribution in [2.75, 3.05) is 23.7 Å². The summed E-state index contributed by atoms with van der Waals surface area (Å²) in [7, 11) is 1.88. The standard InChI is InChI=1S/C32H49N3O2S/c1-9-18-38(8)35(7)30-21-27(20-28(24(30)6)26(11-3)12-4)32(37)34-29(19-25-16-14-13-15-17-25)31(36)22-33-23(5)10-2/h11,13-17,20-21,23,29,31,33,36H,8-10,12,18-19,22H2,1-7H3,(H,34,37)/b26-11-. The second kappa shape index (κ2) is 15.9. The van der Waals surface area contributed by atoms with Crippen molar-refractivity contribution < 1.29 is 9.90 Å². The molecule has 2 rings (SSSR count). The number of benzene rings is 2. The summed E-state index contributed by atoms with van der Waals surface area (Å²) < 4.78 is 2.22. The monoisotopic (exact) mass is 539 g/mol. The molecule has 210 valence electrons. The Labute approximate surface area is 233 Å². The zero-order valence-corrected chi connectivity index (χ0v) is 25.3. The van der Waals surface area contributed by atoms with Crippen molar-refractivity contribution in [2.24, 2.45) is 0 Å². The quantitative estimate of drug-likeness (QED) is 0.230. The van der Waals surface area contributed by atoms with E-state index in [0.717, 1.165) is 47.4 Å². The van der Waals surface area contributed by atoms with Crippen molar-refractivity contribution in [2.45, 2.75) is 85.4 Å². The Morgan fingerprint density at radius 2 is 1.87 bits per heavy atom. The lowest BCUT2D eigenvalue weighted by Crippen LogP contribution is -2.49. The summed E-state index contributed by atoms with van der Waals surface area (Å²) in [6, 6.07) is 13.9. The maximum atomic E-state index is 13.8. The van der Waals surface area contributed by atoms with E-state index in [1.807, 2.05) is 49.4 Å². The fraction of sp³-hybridized carbons (Fsp3) is 0.500. The number of hydrogen-bond donors (Lipinski definition) is 3. The third-order valence-electron chi connectivity index (χ3n) is 7.25. The van der Waals surface area contributed by atoms with E-state index in [2.05, 4.69) is 68.6 Å². The molecule has 6 heteroatoms. The average Bonchev–Trinajstić information content (AvgIpc) is 2.92. The van der Waals surface area contributed by atoms with Gasteiger partial charge in [-0.2, -0.15) is 0 Å². The molecule has 2 aromatic rings. The number of carbonyl (C=O) groups is 1. The summed E-state index contributed by atoms with van der Waals surface area (Å²) in [5.74, 6) is 5.22. The van der Waals surface area contributed by atoms with Crippen LogP contribution in [0.25, 0.3) is 5.57 Å². The van der Waals surface area contributed by atoms with E-state index in [-0.39, 0.29) is 16.6 Å². The number of aliphatic hydroxyl groups excluding tert-OH is 1. The van der Waals surface area contributed by atoms with E-state index in [4.69, 9.17) is 0 Å². The van der Waals surface area contributed by atoms with Gasteiger partial charge >= 0.3 is 0 Å². The molecule has 5 nitrogen and oxygen atoms in total. The summed E-state index contributed by atoms with van der Waals surface area (Å²) in [5.41, 5.74) is 6.18. The van der Waals surface area contributed by atoms with Crippen LogP contribution in [0.2, 0.25) is 0 Å². The molecule has 1 amide bonds. The van der Waals surface area contributed by atoms with E-state index < -0.39 is 12.1 Å². The van der Waals surface area contributed by atoms with Crippen LogP contribution in [0.15, 0.2) is 48.5 Å². The van der Waals surface area contributed by atoms with E-state index in [9.17, 15) is 9.90 Å². The number of hydrogen-bond acceptors (Lipinski definition) is 4. The molecule has 3 N–H and O–H groups in total. The predicted molar refractivity (Wildman–Crippen MR) is 169 cm³/mol. The second-order valence-electron chi connectivity index (χ2n) is 10.1. The Hall–Kier alpha value is -2.41. The molecule has 38 heavy (non-hydrogen) atoms. The topological polar surface area (TPSA) is 64.6 Å². The Balaban J connectivity index is 2.46. The van der Waals surface area contributed by atoms with Gasteiger partial charge in [-0.05, 0) is 80.9 Å². The number of anilines is 1. The van der Waals surface area contributed by atoms with Gasteiger partial charge in [-0.25, -0.2) is 0 Å². The minimum atomic E-state index is -0.725. The van der Waals surface area contributed by atoms with Gasteiger partial charge in [0.05, 0.1) is 17.8 Å². The lowest BCUT2D eigenvalue weighted by molar-refractivity contribution is 0.0825. The fourth-order valence-corrected chi connectivity index (χ4v) is 5.78. The van der Waals surface area contributed by atoms with Gasteiger partial charge in [0.15, 0.2) is 0 Å². The van der Waals surface area contributed by atoms with E-state index >= 15 is 0 Å². The van der Waals surface area contributed by atoms with Crippen molar-refractivity contribution >= 4 is 33.7 Å². The van der Waals surface area contributed by atoms with Crippen LogP contribution < -0.4 is 14.9 Å². The van der Waals surface area contributed by atoms with Crippen LogP contribution in [0, 0.1) is 6.92 Å². The van der Waals surface area contributed by atoms with Gasteiger partial charge in [0.1, 0.15) is 0 Å². The largest absolute Gasteiger partial charge is 0.390 e. The highest BCUT2D eigenvalue weighted by molar-refractivity contribution is 8.15. The van der Waals surface area contributed by atoms with Crippen LogP contribution in [-0.2, 0) is 6.42 Å². The van der Waals surface area contributed by atoms with Gasteiger partial charge in [-0.15, -0.1) is 10.7 Å². The zero-order chi connectivity index (χ0) is 28.2. The number of rotatable bonds is 15. The zero-order valence-electron chi connectivity index (χ0n) is 24.5. The fourth-order valence-electron chi connectivity index (χ4n) is 4.56. The molecule has 0 aromatic heterocycles. The van der Waals surface area contributed by atoms with Crippen molar-refractivity contribution in [3.63, 3.8) is 0 Å². The molecule has 0 aliphatic rings. The van der Waals surface area contributed by atoms with E-state index in [1.54, 1.807) is 0 Å². The molecule has 0 heterocycles. The minimum absolute atomic E-state index is 0.171. The Bertz CT molecular complexity index is 1080. The third-order valence-corrected chi connectivity index (χ3v) is 9.10. The van der Waals surface area contributed by atoms with Crippen molar-refractivity contribution in [3.05, 3.63) is 70.8 Å². The van der Waals surface area contributed by atoms with Crippen LogP contribution in [0.1, 0.15) is 80.9 Å². The van der Waals surface area contributed by atoms with Crippen LogP contribution >= 0.6 is 10.7 Å². The van der Waals surface area contributed by atoms with Crippen molar-refractivity contribution in [1.82, 2.24) is 10.6 Å². The Kier molecular flexibility index (Phi) is 13.3. The number of carbonyl (C=O) groups excluding carboxylic acids is 1. The second-order valence-corrected chi connectivity index (χ2v) is 11.9. The third kappa shape index (κ3) is 8.82. The first-order valence-corrected chi connectivity index (χ1v) is 15.5. The Morgan fingerprint density at radius 3 is 2.45 bits per heavy atom. The van der Waals surface area contributed by atoms with Crippen LogP contribution in [-0.4, -0.2) is 54.4 Å². The molecule has 2 aromatic carbocycles. The molecule has 0 saturated heterocycles. The molecule has 0 radical (unpaired) electrons. The Morgan fingerprint density at radius 1 is 1.18 bits per heavy atom. The van der Waals surface area contributed by atoms with Gasteiger partial charge in [-0.3, -0.25) is 4.79 Å². The summed E-state index contributed by atoms with van der Waals surface area (Å²) in [6.07, 6.45) is 4.87. The molecule has 0 bridgehead atoms. The lowest BCUT2D eigenvalue weighted by atomic mass is 9.94. The summed E-state index contributed by atoms with van der Waals surface area (Å²) >= 11 is 0. The molecular formula is C32H49N3O2S.